The van der Waals surface area contributed by atoms with Crippen LogP contribution in [0.4, 0.5) is 5.69 Å². The van der Waals surface area contributed by atoms with Gasteiger partial charge in [0.2, 0.25) is 0 Å². The third-order valence-electron chi connectivity index (χ3n) is 1.53. The van der Waals surface area contributed by atoms with Crippen LogP contribution in [-0.4, -0.2) is 23.0 Å². The van der Waals surface area contributed by atoms with Crippen molar-refractivity contribution in [2.24, 2.45) is 0 Å². The van der Waals surface area contributed by atoms with Crippen LogP contribution in [0.3, 0.4) is 0 Å². The van der Waals surface area contributed by atoms with Crippen LogP contribution in [0.5, 0.6) is 0 Å². The molecule has 0 saturated heterocycles. The standard InChI is InChI=1S/C7H5NO6S/c9-7(15(12,13)14)5-2-1-3-6(4-5)8(10)11/h1-4H,(H,12,13,14). The molecule has 0 bridgehead atoms. The average molecular weight is 231 g/mol. The van der Waals surface area contributed by atoms with E-state index < -0.39 is 31.4 Å². The Hall–Kier alpha value is -1.80. The number of carbonyl (C=O) groups excluding carboxylic acids is 1. The summed E-state index contributed by atoms with van der Waals surface area (Å²) in [6.07, 6.45) is 0. The molecule has 7 nitrogen and oxygen atoms in total. The van der Waals surface area contributed by atoms with Gasteiger partial charge in [-0.2, -0.15) is 8.42 Å². The molecule has 15 heavy (non-hydrogen) atoms. The number of nitrogens with zero attached hydrogens (tertiary/aromatic N) is 1. The van der Waals surface area contributed by atoms with Gasteiger partial charge in [-0.25, -0.2) is 0 Å². The van der Waals surface area contributed by atoms with Crippen LogP contribution < -0.4 is 0 Å². The summed E-state index contributed by atoms with van der Waals surface area (Å²) >= 11 is 0. The van der Waals surface area contributed by atoms with Crippen molar-refractivity contribution in [2.45, 2.75) is 0 Å². The normalized spacial score (nSPS) is 11.0. The molecule has 0 saturated carbocycles. The summed E-state index contributed by atoms with van der Waals surface area (Å²) in [5.74, 6) is 0. The Morgan fingerprint density at radius 2 is 2.00 bits per heavy atom. The second-order valence-electron chi connectivity index (χ2n) is 2.57. The molecule has 0 aliphatic heterocycles. The quantitative estimate of drug-likeness (QED) is 0.453. The van der Waals surface area contributed by atoms with Crippen molar-refractivity contribution in [3.63, 3.8) is 0 Å². The topological polar surface area (TPSA) is 115 Å². The predicted octanol–water partition coefficient (Wildman–Crippen LogP) is 0.623. The van der Waals surface area contributed by atoms with Gasteiger partial charge >= 0.3 is 15.2 Å². The Morgan fingerprint density at radius 3 is 2.47 bits per heavy atom. The minimum atomic E-state index is -4.86. The fourth-order valence-electron chi connectivity index (χ4n) is 0.895. The molecule has 0 heterocycles. The van der Waals surface area contributed by atoms with Gasteiger partial charge in [0.05, 0.1) is 4.92 Å². The number of nitro benzene ring substituents is 1. The summed E-state index contributed by atoms with van der Waals surface area (Å²) in [5.41, 5.74) is -0.879. The van der Waals surface area contributed by atoms with Gasteiger partial charge < -0.3 is 0 Å². The lowest BCUT2D eigenvalue weighted by molar-refractivity contribution is -0.384. The summed E-state index contributed by atoms with van der Waals surface area (Å²) in [4.78, 5) is 20.5. The predicted molar refractivity (Wildman–Crippen MR) is 49.0 cm³/mol. The molecule has 0 aliphatic rings. The van der Waals surface area contributed by atoms with E-state index in [2.05, 4.69) is 0 Å². The maximum atomic E-state index is 11.0. The van der Waals surface area contributed by atoms with Gasteiger partial charge in [0, 0.05) is 17.7 Å². The van der Waals surface area contributed by atoms with E-state index in [-0.39, 0.29) is 0 Å². The van der Waals surface area contributed by atoms with Crippen LogP contribution in [0.15, 0.2) is 24.3 Å². The third-order valence-corrected chi connectivity index (χ3v) is 2.23. The Morgan fingerprint density at radius 1 is 1.40 bits per heavy atom. The number of non-ortho nitro benzene ring substituents is 1. The molecule has 80 valence electrons. The van der Waals surface area contributed by atoms with Gasteiger partial charge in [0.25, 0.3) is 5.69 Å². The van der Waals surface area contributed by atoms with Gasteiger partial charge in [-0.15, -0.1) is 0 Å². The fraction of sp³-hybridized carbons (Fsp3) is 0. The highest BCUT2D eigenvalue weighted by atomic mass is 32.2. The van der Waals surface area contributed by atoms with Crippen molar-refractivity contribution in [3.05, 3.63) is 39.9 Å². The second-order valence-corrected chi connectivity index (χ2v) is 3.89. The molecule has 0 aliphatic carbocycles. The van der Waals surface area contributed by atoms with Crippen molar-refractivity contribution >= 4 is 20.9 Å². The lowest BCUT2D eigenvalue weighted by Gasteiger charge is -1.96. The van der Waals surface area contributed by atoms with Gasteiger partial charge in [-0.05, 0) is 6.07 Å². The van der Waals surface area contributed by atoms with E-state index in [4.69, 9.17) is 4.55 Å². The van der Waals surface area contributed by atoms with Crippen LogP contribution in [0, 0.1) is 10.1 Å². The second kappa shape index (κ2) is 3.75. The third kappa shape index (κ3) is 2.58. The largest absolute Gasteiger partial charge is 0.333 e. The first-order chi connectivity index (χ1) is 6.82. The molecule has 0 fully saturated rings. The number of hydrogen-bond acceptors (Lipinski definition) is 5. The van der Waals surface area contributed by atoms with E-state index in [0.717, 1.165) is 24.3 Å². The van der Waals surface area contributed by atoms with Gasteiger partial charge in [0.1, 0.15) is 0 Å². The van der Waals surface area contributed by atoms with E-state index in [1.165, 1.54) is 0 Å². The van der Waals surface area contributed by atoms with Gasteiger partial charge in [0.15, 0.2) is 0 Å². The molecule has 0 atom stereocenters. The molecule has 8 heteroatoms. The van der Waals surface area contributed by atoms with Crippen LogP contribution >= 0.6 is 0 Å². The van der Waals surface area contributed by atoms with E-state index in [0.29, 0.717) is 0 Å². The first kappa shape index (κ1) is 11.3. The minimum Gasteiger partial charge on any atom is -0.279 e. The molecule has 1 N–H and O–H groups in total. The highest BCUT2D eigenvalue weighted by molar-refractivity contribution is 8.01. The van der Waals surface area contributed by atoms with E-state index in [1.807, 2.05) is 0 Å². The molecule has 0 radical (unpaired) electrons. The molecule has 0 amide bonds. The molecule has 1 aromatic carbocycles. The molecule has 0 spiro atoms. The number of benzene rings is 1. The van der Waals surface area contributed by atoms with Gasteiger partial charge in [-0.3, -0.25) is 19.5 Å². The number of hydrogen-bond donors (Lipinski definition) is 1. The average Bonchev–Trinajstić information content (AvgIpc) is 2.15. The summed E-state index contributed by atoms with van der Waals surface area (Å²) in [6.45, 7) is 0. The van der Waals surface area contributed by atoms with Crippen molar-refractivity contribution in [2.75, 3.05) is 0 Å². The summed E-state index contributed by atoms with van der Waals surface area (Å²) < 4.78 is 29.3. The maximum Gasteiger partial charge on any atom is 0.333 e. The zero-order valence-corrected chi connectivity index (χ0v) is 7.97. The molecule has 0 unspecified atom stereocenters. The van der Waals surface area contributed by atoms with Crippen molar-refractivity contribution in [1.29, 1.82) is 0 Å². The summed E-state index contributed by atoms with van der Waals surface area (Å²) in [5, 5.41) is 8.74. The SMILES string of the molecule is O=C(c1cccc([N+](=O)[O-])c1)S(=O)(=O)O. The first-order valence-electron chi connectivity index (χ1n) is 3.58. The van der Waals surface area contributed by atoms with E-state index in [1.54, 1.807) is 0 Å². The smallest absolute Gasteiger partial charge is 0.279 e. The zero-order chi connectivity index (χ0) is 11.6. The molecule has 1 aromatic rings. The van der Waals surface area contributed by atoms with Gasteiger partial charge in [-0.1, -0.05) is 6.07 Å². The Kier molecular flexibility index (Phi) is 2.82. The van der Waals surface area contributed by atoms with Crippen LogP contribution in [0.2, 0.25) is 0 Å². The summed E-state index contributed by atoms with van der Waals surface area (Å²) in [6, 6.07) is 4.08. The van der Waals surface area contributed by atoms with Crippen molar-refractivity contribution < 1.29 is 22.7 Å². The lowest BCUT2D eigenvalue weighted by Crippen LogP contribution is -2.13. The Labute approximate surface area is 84.2 Å². The first-order valence-corrected chi connectivity index (χ1v) is 5.02. The molecule has 1 rings (SSSR count). The lowest BCUT2D eigenvalue weighted by atomic mass is 10.2. The van der Waals surface area contributed by atoms with Crippen LogP contribution in [0.1, 0.15) is 10.4 Å². The number of nitro groups is 1. The van der Waals surface area contributed by atoms with E-state index >= 15 is 0 Å². The Bertz CT molecular complexity index is 520. The van der Waals surface area contributed by atoms with Crippen LogP contribution in [0.25, 0.3) is 0 Å². The highest BCUT2D eigenvalue weighted by Crippen LogP contribution is 2.14. The maximum absolute atomic E-state index is 11.0. The van der Waals surface area contributed by atoms with Crippen molar-refractivity contribution in [1.82, 2.24) is 0 Å². The molecular weight excluding hydrogens is 226 g/mol. The minimum absolute atomic E-state index is 0.426. The monoisotopic (exact) mass is 231 g/mol. The Balaban J connectivity index is 3.23. The van der Waals surface area contributed by atoms with Crippen molar-refractivity contribution in [3.8, 4) is 0 Å². The summed E-state index contributed by atoms with van der Waals surface area (Å²) in [7, 11) is -4.86. The fourth-order valence-corrected chi connectivity index (χ4v) is 1.32. The molecular formula is C7H5NO6S. The van der Waals surface area contributed by atoms with Crippen LogP contribution in [-0.2, 0) is 10.1 Å². The van der Waals surface area contributed by atoms with E-state index in [9.17, 15) is 23.3 Å². The highest BCUT2D eigenvalue weighted by Gasteiger charge is 2.22. The molecule has 0 aromatic heterocycles. The number of rotatable bonds is 2. The number of carbonyl (C=O) groups is 1. The zero-order valence-electron chi connectivity index (χ0n) is 7.15.